The maximum atomic E-state index is 14.3. The number of likely N-dealkylation sites (N-methyl/N-ethyl adjacent to an activating group) is 1. The van der Waals surface area contributed by atoms with Crippen molar-refractivity contribution in [2.24, 2.45) is 11.3 Å². The Kier molecular flexibility index (Phi) is 11.8. The van der Waals surface area contributed by atoms with Crippen molar-refractivity contribution in [1.29, 1.82) is 0 Å². The Morgan fingerprint density at radius 2 is 1.96 bits per heavy atom. The van der Waals surface area contributed by atoms with Gasteiger partial charge in [-0.1, -0.05) is 37.6 Å². The topological polar surface area (TPSA) is 148 Å². The first kappa shape index (κ1) is 39.7. The molecule has 1 N–H and O–H groups in total. The largest absolute Gasteiger partial charge is 0.495 e. The molecule has 3 heterocycles. The van der Waals surface area contributed by atoms with Crippen molar-refractivity contribution < 1.29 is 32.3 Å². The van der Waals surface area contributed by atoms with Crippen molar-refractivity contribution in [3.63, 3.8) is 0 Å². The molecular weight excluding hydrogens is 750 g/mol. The third-order valence-electron chi connectivity index (χ3n) is 10.6. The van der Waals surface area contributed by atoms with E-state index in [1.165, 1.54) is 23.3 Å². The summed E-state index contributed by atoms with van der Waals surface area (Å²) in [6.45, 7) is 12.3. The van der Waals surface area contributed by atoms with Crippen LogP contribution in [0.2, 0.25) is 5.02 Å². The molecule has 3 amide bonds. The minimum Gasteiger partial charge on any atom is -0.495 e. The van der Waals surface area contributed by atoms with Crippen LogP contribution < -0.4 is 14.2 Å². The molecule has 6 rings (SSSR count). The second kappa shape index (κ2) is 16.0. The molecule has 54 heavy (non-hydrogen) atoms. The van der Waals surface area contributed by atoms with Crippen molar-refractivity contribution >= 4 is 61.6 Å². The van der Waals surface area contributed by atoms with Crippen molar-refractivity contribution in [3.8, 4) is 22.2 Å². The number of ether oxygens (including phenoxy) is 2. The van der Waals surface area contributed by atoms with Crippen LogP contribution in [-0.4, -0.2) is 90.5 Å². The monoisotopic (exact) mass is 797 g/mol. The van der Waals surface area contributed by atoms with Gasteiger partial charge in [0, 0.05) is 49.0 Å². The SMILES string of the molecule is C=CCCCCN(C)C(=O)[C@@H]1C[C@H](Oc2cc(-c3ncc(C(C)C)s3)nc3c(Cl)c(OC)ccc23)CN1C(=O)C[C@]1(C(=O)NS(=O)(=O)C2CC2)C[C@H]1C=C. The first-order chi connectivity index (χ1) is 25.7. The van der Waals surface area contributed by atoms with Crippen LogP contribution in [0.4, 0.5) is 0 Å². The lowest BCUT2D eigenvalue weighted by Gasteiger charge is -2.29. The van der Waals surface area contributed by atoms with Gasteiger partial charge in [-0.25, -0.2) is 18.4 Å². The Hall–Kier alpha value is -4.01. The number of likely N-dealkylation sites (tertiary alicyclic amines) is 1. The van der Waals surface area contributed by atoms with Crippen molar-refractivity contribution in [2.45, 2.75) is 88.5 Å². The molecule has 2 saturated carbocycles. The van der Waals surface area contributed by atoms with Gasteiger partial charge in [0.25, 0.3) is 0 Å². The molecule has 3 aliphatic rings. The van der Waals surface area contributed by atoms with Gasteiger partial charge in [0.2, 0.25) is 27.7 Å². The molecule has 0 spiro atoms. The van der Waals surface area contributed by atoms with Gasteiger partial charge < -0.3 is 19.3 Å². The summed E-state index contributed by atoms with van der Waals surface area (Å²) in [5.74, 6) is -0.569. The third-order valence-corrected chi connectivity index (χ3v) is 14.1. The van der Waals surface area contributed by atoms with E-state index in [9.17, 15) is 22.8 Å². The fraction of sp³-hybridized carbons (Fsp3) is 0.513. The predicted octanol–water partition coefficient (Wildman–Crippen LogP) is 6.50. The van der Waals surface area contributed by atoms with Crippen LogP contribution in [0, 0.1) is 11.3 Å². The maximum absolute atomic E-state index is 14.3. The summed E-state index contributed by atoms with van der Waals surface area (Å²) in [6.07, 6.45) is 8.31. The number of hydrogen-bond donors (Lipinski definition) is 1. The van der Waals surface area contributed by atoms with E-state index in [4.69, 9.17) is 26.1 Å². The number of carbonyl (C=O) groups excluding carboxylic acids is 3. The normalized spacial score (nSPS) is 22.3. The smallest absolute Gasteiger partial charge is 0.245 e. The second-order valence-corrected chi connectivity index (χ2v) is 18.2. The standard InChI is InChI=1S/C39H48ClN5O7S2/c1-7-9-10-11-16-44(5)37(47)29-17-25(22-45(29)33(46)20-39(19-24(39)8-2)38(48)43-54(49,50)26-12-13-26)52-31-18-28(36-41-21-32(53-36)23(3)4)42-35-27(31)14-15-30(51-6)34(35)40/h7-8,14-15,18,21,23-26,29H,1-2,9-13,16-17,19-20,22H2,3-6H3,(H,43,48)/t24-,25+,29+,39-/m1/s1. The van der Waals surface area contributed by atoms with Crippen LogP contribution in [0.15, 0.2) is 49.7 Å². The molecular formula is C39H48ClN5O7S2. The minimum absolute atomic E-state index is 0.0636. The number of sulfonamides is 1. The van der Waals surface area contributed by atoms with Gasteiger partial charge in [0.05, 0.1) is 29.8 Å². The van der Waals surface area contributed by atoms with E-state index in [2.05, 4.69) is 36.7 Å². The van der Waals surface area contributed by atoms with Gasteiger partial charge in [-0.05, 0) is 62.5 Å². The summed E-state index contributed by atoms with van der Waals surface area (Å²) in [4.78, 5) is 55.6. The number of amides is 3. The van der Waals surface area contributed by atoms with E-state index < -0.39 is 44.6 Å². The third kappa shape index (κ3) is 8.16. The van der Waals surface area contributed by atoms with Crippen LogP contribution in [0.5, 0.6) is 11.5 Å². The highest BCUT2D eigenvalue weighted by Crippen LogP contribution is 2.57. The fourth-order valence-corrected chi connectivity index (χ4v) is 9.62. The molecule has 1 aliphatic heterocycles. The zero-order valence-electron chi connectivity index (χ0n) is 31.2. The molecule has 290 valence electrons. The number of aromatic nitrogens is 2. The number of carbonyl (C=O) groups is 3. The lowest BCUT2D eigenvalue weighted by molar-refractivity contribution is -0.144. The Morgan fingerprint density at radius 3 is 2.59 bits per heavy atom. The molecule has 0 bridgehead atoms. The molecule has 0 radical (unpaired) electrons. The van der Waals surface area contributed by atoms with Crippen molar-refractivity contribution in [3.05, 3.63) is 59.6 Å². The molecule has 12 nitrogen and oxygen atoms in total. The quantitative estimate of drug-likeness (QED) is 0.119. The number of nitrogens with one attached hydrogen (secondary N) is 1. The van der Waals surface area contributed by atoms with Crippen LogP contribution >= 0.6 is 22.9 Å². The molecule has 1 aromatic carbocycles. The van der Waals surface area contributed by atoms with E-state index in [-0.39, 0.29) is 43.6 Å². The van der Waals surface area contributed by atoms with Gasteiger partial charge in [-0.15, -0.1) is 24.5 Å². The summed E-state index contributed by atoms with van der Waals surface area (Å²) >= 11 is 8.33. The highest BCUT2D eigenvalue weighted by molar-refractivity contribution is 7.90. The van der Waals surface area contributed by atoms with Gasteiger partial charge in [-0.2, -0.15) is 0 Å². The highest BCUT2D eigenvalue weighted by Gasteiger charge is 2.61. The summed E-state index contributed by atoms with van der Waals surface area (Å²) in [7, 11) is -0.585. The fourth-order valence-electron chi connectivity index (χ4n) is 7.07. The second-order valence-electron chi connectivity index (χ2n) is 14.8. The van der Waals surface area contributed by atoms with Gasteiger partial charge in [0.15, 0.2) is 0 Å². The first-order valence-electron chi connectivity index (χ1n) is 18.4. The number of benzene rings is 1. The average Bonchev–Trinajstić information content (AvgIpc) is 4.03. The zero-order valence-corrected chi connectivity index (χ0v) is 33.6. The summed E-state index contributed by atoms with van der Waals surface area (Å²) in [6, 6.07) is 4.48. The van der Waals surface area contributed by atoms with E-state index in [1.807, 2.05) is 18.3 Å². The van der Waals surface area contributed by atoms with Crippen molar-refractivity contribution in [1.82, 2.24) is 24.5 Å². The van der Waals surface area contributed by atoms with Crippen molar-refractivity contribution in [2.75, 3.05) is 27.2 Å². The highest BCUT2D eigenvalue weighted by atomic mass is 35.5. The molecule has 3 aromatic rings. The van der Waals surface area contributed by atoms with Gasteiger partial charge in [-0.3, -0.25) is 19.1 Å². The van der Waals surface area contributed by atoms with E-state index >= 15 is 0 Å². The van der Waals surface area contributed by atoms with Gasteiger partial charge in [0.1, 0.15) is 39.4 Å². The minimum atomic E-state index is -3.83. The van der Waals surface area contributed by atoms with E-state index in [0.29, 0.717) is 57.5 Å². The Balaban J connectivity index is 1.31. The van der Waals surface area contributed by atoms with Crippen LogP contribution in [0.25, 0.3) is 21.6 Å². The first-order valence-corrected chi connectivity index (χ1v) is 21.1. The number of thiazole rings is 1. The summed E-state index contributed by atoms with van der Waals surface area (Å²) in [5.41, 5.74) is -0.250. The summed E-state index contributed by atoms with van der Waals surface area (Å²) in [5, 5.41) is 1.03. The lowest BCUT2D eigenvalue weighted by Crippen LogP contribution is -2.48. The average molecular weight is 798 g/mol. The Morgan fingerprint density at radius 1 is 1.20 bits per heavy atom. The lowest BCUT2D eigenvalue weighted by atomic mass is 9.97. The van der Waals surface area contributed by atoms with Gasteiger partial charge >= 0.3 is 0 Å². The molecule has 4 atom stereocenters. The number of unbranched alkanes of at least 4 members (excludes halogenated alkanes) is 2. The molecule has 3 fully saturated rings. The maximum Gasteiger partial charge on any atom is 0.245 e. The number of nitrogens with zero attached hydrogens (tertiary/aromatic N) is 4. The molecule has 2 aliphatic carbocycles. The Labute approximate surface area is 326 Å². The number of rotatable bonds is 17. The molecule has 1 saturated heterocycles. The van der Waals surface area contributed by atoms with Crippen LogP contribution in [0.3, 0.4) is 0 Å². The number of allylic oxidation sites excluding steroid dienone is 2. The number of pyridine rings is 1. The number of methoxy groups -OCH3 is 1. The molecule has 15 heteroatoms. The van der Waals surface area contributed by atoms with E-state index in [0.717, 1.165) is 24.1 Å². The zero-order chi connectivity index (χ0) is 38.9. The number of fused-ring (bicyclic) bond motifs is 1. The molecule has 2 aromatic heterocycles. The summed E-state index contributed by atoms with van der Waals surface area (Å²) < 4.78 is 39.9. The Bertz CT molecular complexity index is 2070. The number of hydrogen-bond acceptors (Lipinski definition) is 10. The van der Waals surface area contributed by atoms with Crippen LogP contribution in [-0.2, 0) is 24.4 Å². The van der Waals surface area contributed by atoms with Crippen LogP contribution in [0.1, 0.15) is 76.0 Å². The predicted molar refractivity (Wildman–Crippen MR) is 210 cm³/mol. The molecule has 0 unspecified atom stereocenters. The number of halogens is 1. The van der Waals surface area contributed by atoms with E-state index in [1.54, 1.807) is 30.2 Å².